The number of hydrogen-bond donors (Lipinski definition) is 0. The summed E-state index contributed by atoms with van der Waals surface area (Å²) in [6.07, 6.45) is 4.33. The van der Waals surface area contributed by atoms with Crippen molar-refractivity contribution in [1.29, 1.82) is 0 Å². The third kappa shape index (κ3) is 4.31. The van der Waals surface area contributed by atoms with E-state index < -0.39 is 10.1 Å². The molecule has 1 aromatic rings. The van der Waals surface area contributed by atoms with E-state index in [2.05, 4.69) is 5.16 Å². The van der Waals surface area contributed by atoms with Crippen molar-refractivity contribution in [1.82, 2.24) is 5.16 Å². The normalized spacial score (nSPS) is 24.5. The van der Waals surface area contributed by atoms with E-state index in [1.54, 1.807) is 6.92 Å². The number of aryl methyl sites for hydroxylation is 1. The summed E-state index contributed by atoms with van der Waals surface area (Å²) < 4.78 is 33.4. The van der Waals surface area contributed by atoms with Crippen molar-refractivity contribution >= 4 is 10.1 Å². The molecule has 0 N–H and O–H groups in total. The molecule has 0 saturated heterocycles. The topological polar surface area (TPSA) is 69.4 Å². The van der Waals surface area contributed by atoms with Crippen molar-refractivity contribution < 1.29 is 17.1 Å². The lowest BCUT2D eigenvalue weighted by Gasteiger charge is -2.27. The smallest absolute Gasteiger partial charge is 0.267 e. The number of rotatable bonds is 5. The Kier molecular flexibility index (Phi) is 4.62. The van der Waals surface area contributed by atoms with E-state index in [-0.39, 0.29) is 11.9 Å². The molecular weight excluding hydrogens is 266 g/mol. The second-order valence-electron chi connectivity index (χ2n) is 5.24. The molecule has 5 nitrogen and oxygen atoms in total. The van der Waals surface area contributed by atoms with Gasteiger partial charge >= 0.3 is 0 Å². The van der Waals surface area contributed by atoms with Crippen molar-refractivity contribution in [3.05, 3.63) is 17.5 Å². The van der Waals surface area contributed by atoms with Gasteiger partial charge in [-0.05, 0) is 39.0 Å². The van der Waals surface area contributed by atoms with Gasteiger partial charge in [0.15, 0.2) is 0 Å². The molecule has 1 fully saturated rings. The summed E-state index contributed by atoms with van der Waals surface area (Å²) >= 11 is 0. The zero-order valence-corrected chi connectivity index (χ0v) is 12.3. The summed E-state index contributed by atoms with van der Waals surface area (Å²) in [4.78, 5) is 0. The molecule has 2 atom stereocenters. The van der Waals surface area contributed by atoms with Gasteiger partial charge in [0.2, 0.25) is 0 Å². The average molecular weight is 287 g/mol. The van der Waals surface area contributed by atoms with Crippen LogP contribution in [-0.2, 0) is 20.7 Å². The SMILES string of the molecule is CCS(=O)(=O)OC1CCCC(Cc2cc(C)no2)C1. The van der Waals surface area contributed by atoms with Gasteiger partial charge in [-0.15, -0.1) is 0 Å². The third-order valence-corrected chi connectivity index (χ3v) is 4.81. The molecule has 6 heteroatoms. The van der Waals surface area contributed by atoms with Gasteiger partial charge < -0.3 is 4.52 Å². The molecular formula is C13H21NO4S. The van der Waals surface area contributed by atoms with Crippen LogP contribution >= 0.6 is 0 Å². The van der Waals surface area contributed by atoms with Gasteiger partial charge in [-0.25, -0.2) is 0 Å². The Morgan fingerprint density at radius 1 is 1.47 bits per heavy atom. The van der Waals surface area contributed by atoms with Crippen molar-refractivity contribution in [3.63, 3.8) is 0 Å². The molecule has 1 heterocycles. The number of hydrogen-bond acceptors (Lipinski definition) is 5. The second kappa shape index (κ2) is 6.05. The molecule has 1 aliphatic rings. The molecule has 0 radical (unpaired) electrons. The van der Waals surface area contributed by atoms with Crippen LogP contribution in [0.4, 0.5) is 0 Å². The maximum Gasteiger partial charge on any atom is 0.267 e. The standard InChI is InChI=1S/C13H21NO4S/c1-3-19(15,16)18-12-6-4-5-11(8-12)9-13-7-10(2)14-17-13/h7,11-12H,3-6,8-9H2,1-2H3. The van der Waals surface area contributed by atoms with Crippen molar-refractivity contribution in [2.75, 3.05) is 5.75 Å². The summed E-state index contributed by atoms with van der Waals surface area (Å²) in [6.45, 7) is 3.50. The maximum atomic E-state index is 11.5. The van der Waals surface area contributed by atoms with E-state index in [0.717, 1.165) is 43.6 Å². The summed E-state index contributed by atoms with van der Waals surface area (Å²) in [6, 6.07) is 1.94. The summed E-state index contributed by atoms with van der Waals surface area (Å²) in [5.41, 5.74) is 0.882. The highest BCUT2D eigenvalue weighted by Crippen LogP contribution is 2.30. The van der Waals surface area contributed by atoms with Crippen LogP contribution in [0.5, 0.6) is 0 Å². The Morgan fingerprint density at radius 2 is 2.26 bits per heavy atom. The molecule has 0 amide bonds. The highest BCUT2D eigenvalue weighted by molar-refractivity contribution is 7.86. The van der Waals surface area contributed by atoms with E-state index >= 15 is 0 Å². The van der Waals surface area contributed by atoms with E-state index in [9.17, 15) is 8.42 Å². The Hall–Kier alpha value is -0.880. The van der Waals surface area contributed by atoms with Crippen LogP contribution in [0.15, 0.2) is 10.6 Å². The quantitative estimate of drug-likeness (QED) is 0.778. The Balaban J connectivity index is 1.90. The lowest BCUT2D eigenvalue weighted by Crippen LogP contribution is -2.27. The van der Waals surface area contributed by atoms with Crippen LogP contribution in [0.25, 0.3) is 0 Å². The molecule has 0 spiro atoms. The molecule has 2 rings (SSSR count). The minimum absolute atomic E-state index is 0.0372. The van der Waals surface area contributed by atoms with Gasteiger partial charge in [0.1, 0.15) is 5.76 Å². The number of nitrogens with zero attached hydrogens (tertiary/aromatic N) is 1. The molecule has 108 valence electrons. The zero-order chi connectivity index (χ0) is 13.9. The highest BCUT2D eigenvalue weighted by atomic mass is 32.2. The van der Waals surface area contributed by atoms with Crippen LogP contribution < -0.4 is 0 Å². The molecule has 19 heavy (non-hydrogen) atoms. The Labute approximate surface area is 114 Å². The average Bonchev–Trinajstić information content (AvgIpc) is 2.75. The monoisotopic (exact) mass is 287 g/mol. The van der Waals surface area contributed by atoms with Crippen LogP contribution in [0.1, 0.15) is 44.1 Å². The van der Waals surface area contributed by atoms with Gasteiger partial charge in [-0.2, -0.15) is 8.42 Å². The minimum Gasteiger partial charge on any atom is -0.361 e. The second-order valence-corrected chi connectivity index (χ2v) is 7.12. The maximum absolute atomic E-state index is 11.5. The first-order chi connectivity index (χ1) is 8.98. The predicted molar refractivity (Wildman–Crippen MR) is 71.2 cm³/mol. The lowest BCUT2D eigenvalue weighted by atomic mass is 9.84. The van der Waals surface area contributed by atoms with Gasteiger partial charge in [0, 0.05) is 12.5 Å². The summed E-state index contributed by atoms with van der Waals surface area (Å²) in [7, 11) is -3.35. The molecule has 1 aliphatic carbocycles. The minimum atomic E-state index is -3.35. The van der Waals surface area contributed by atoms with Crippen molar-refractivity contribution in [3.8, 4) is 0 Å². The third-order valence-electron chi connectivity index (χ3n) is 3.54. The largest absolute Gasteiger partial charge is 0.361 e. The lowest BCUT2D eigenvalue weighted by molar-refractivity contribution is 0.127. The number of aromatic nitrogens is 1. The Bertz CT molecular complexity index is 508. The van der Waals surface area contributed by atoms with E-state index in [1.165, 1.54) is 0 Å². The van der Waals surface area contributed by atoms with Crippen LogP contribution in [0.2, 0.25) is 0 Å². The van der Waals surface area contributed by atoms with Crippen LogP contribution in [-0.4, -0.2) is 25.4 Å². The van der Waals surface area contributed by atoms with Crippen molar-refractivity contribution in [2.24, 2.45) is 5.92 Å². The molecule has 0 aromatic carbocycles. The fourth-order valence-electron chi connectivity index (χ4n) is 2.59. The van der Waals surface area contributed by atoms with Gasteiger partial charge in [0.25, 0.3) is 10.1 Å². The Morgan fingerprint density at radius 3 is 2.89 bits per heavy atom. The molecule has 2 unspecified atom stereocenters. The fraction of sp³-hybridized carbons (Fsp3) is 0.769. The molecule has 0 aliphatic heterocycles. The van der Waals surface area contributed by atoms with Crippen LogP contribution in [0, 0.1) is 12.8 Å². The zero-order valence-electron chi connectivity index (χ0n) is 11.5. The fourth-order valence-corrected chi connectivity index (χ4v) is 3.31. The van der Waals surface area contributed by atoms with Crippen molar-refractivity contribution in [2.45, 2.75) is 52.1 Å². The van der Waals surface area contributed by atoms with Crippen LogP contribution in [0.3, 0.4) is 0 Å². The van der Waals surface area contributed by atoms with Gasteiger partial charge in [-0.3, -0.25) is 4.18 Å². The first-order valence-corrected chi connectivity index (χ1v) is 8.39. The van der Waals surface area contributed by atoms with Gasteiger partial charge in [-0.1, -0.05) is 11.6 Å². The summed E-state index contributed by atoms with van der Waals surface area (Å²) in [5, 5.41) is 3.87. The first-order valence-electron chi connectivity index (χ1n) is 6.81. The predicted octanol–water partition coefficient (Wildman–Crippen LogP) is 2.45. The van der Waals surface area contributed by atoms with E-state index in [4.69, 9.17) is 8.71 Å². The molecule has 1 saturated carbocycles. The van der Waals surface area contributed by atoms with E-state index in [1.807, 2.05) is 13.0 Å². The molecule has 0 bridgehead atoms. The molecule has 1 aromatic heterocycles. The summed E-state index contributed by atoms with van der Waals surface area (Å²) in [5.74, 6) is 1.33. The first kappa shape index (κ1) is 14.5. The van der Waals surface area contributed by atoms with E-state index in [0.29, 0.717) is 5.92 Å². The van der Waals surface area contributed by atoms with Gasteiger partial charge in [0.05, 0.1) is 17.6 Å². The highest BCUT2D eigenvalue weighted by Gasteiger charge is 2.27.